The highest BCUT2D eigenvalue weighted by Crippen LogP contribution is 2.29. The molecule has 150 valence electrons. The number of para-hydroxylation sites is 1. The number of ether oxygens (including phenoxy) is 1. The predicted molar refractivity (Wildman–Crippen MR) is 122 cm³/mol. The maximum Gasteiger partial charge on any atom is 0.256 e. The molecule has 0 radical (unpaired) electrons. The zero-order valence-electron chi connectivity index (χ0n) is 16.7. The molecule has 5 rings (SSSR count). The SMILES string of the molecule is O=c1[nH]ccc(-c2ccncc2)c1-c1ccc(OCc2ccc3ccccc3n2)cc1. The van der Waals surface area contributed by atoms with Gasteiger partial charge in [-0.15, -0.1) is 0 Å². The van der Waals surface area contributed by atoms with Crippen LogP contribution in [-0.2, 0) is 6.61 Å². The molecular weight excluding hydrogens is 386 g/mol. The topological polar surface area (TPSA) is 67.9 Å². The Balaban J connectivity index is 1.39. The number of H-pyrrole nitrogens is 1. The fraction of sp³-hybridized carbons (Fsp3) is 0.0385. The van der Waals surface area contributed by atoms with Gasteiger partial charge in [-0.25, -0.2) is 4.98 Å². The Morgan fingerprint density at radius 3 is 2.45 bits per heavy atom. The van der Waals surface area contributed by atoms with Gasteiger partial charge in [0, 0.05) is 24.0 Å². The van der Waals surface area contributed by atoms with Crippen LogP contribution >= 0.6 is 0 Å². The summed E-state index contributed by atoms with van der Waals surface area (Å²) in [6.45, 7) is 0.373. The van der Waals surface area contributed by atoms with Gasteiger partial charge in [0.15, 0.2) is 0 Å². The van der Waals surface area contributed by atoms with E-state index in [9.17, 15) is 4.79 Å². The number of aromatic nitrogens is 3. The van der Waals surface area contributed by atoms with Crippen molar-refractivity contribution >= 4 is 10.9 Å². The molecule has 2 aromatic carbocycles. The van der Waals surface area contributed by atoms with E-state index in [-0.39, 0.29) is 5.56 Å². The Kier molecular flexibility index (Phi) is 4.99. The fourth-order valence-electron chi connectivity index (χ4n) is 3.60. The fourth-order valence-corrected chi connectivity index (χ4v) is 3.60. The average molecular weight is 405 g/mol. The molecule has 0 saturated heterocycles. The van der Waals surface area contributed by atoms with Crippen LogP contribution in [0.1, 0.15) is 5.69 Å². The zero-order chi connectivity index (χ0) is 21.0. The molecule has 0 unspecified atom stereocenters. The van der Waals surface area contributed by atoms with Crippen molar-refractivity contribution < 1.29 is 4.74 Å². The molecule has 0 spiro atoms. The van der Waals surface area contributed by atoms with Crippen molar-refractivity contribution in [3.63, 3.8) is 0 Å². The number of nitrogens with one attached hydrogen (secondary N) is 1. The van der Waals surface area contributed by atoms with Crippen molar-refractivity contribution in [1.29, 1.82) is 0 Å². The number of pyridine rings is 3. The van der Waals surface area contributed by atoms with Gasteiger partial charge in [0.1, 0.15) is 12.4 Å². The summed E-state index contributed by atoms with van der Waals surface area (Å²) in [6.07, 6.45) is 5.10. The van der Waals surface area contributed by atoms with Crippen molar-refractivity contribution in [3.8, 4) is 28.0 Å². The summed E-state index contributed by atoms with van der Waals surface area (Å²) in [7, 11) is 0. The van der Waals surface area contributed by atoms with E-state index in [0.29, 0.717) is 12.2 Å². The van der Waals surface area contributed by atoms with Gasteiger partial charge < -0.3 is 9.72 Å². The Hall–Kier alpha value is -4.25. The molecule has 0 aliphatic carbocycles. The van der Waals surface area contributed by atoms with Crippen LogP contribution in [0.25, 0.3) is 33.2 Å². The Labute approximate surface area is 179 Å². The first-order valence-corrected chi connectivity index (χ1v) is 9.98. The molecule has 3 aromatic heterocycles. The van der Waals surface area contributed by atoms with E-state index in [1.807, 2.05) is 78.9 Å². The first kappa shape index (κ1) is 18.8. The molecule has 5 nitrogen and oxygen atoms in total. The Morgan fingerprint density at radius 2 is 1.61 bits per heavy atom. The molecule has 0 bridgehead atoms. The maximum absolute atomic E-state index is 12.6. The summed E-state index contributed by atoms with van der Waals surface area (Å²) in [5, 5.41) is 1.11. The predicted octanol–water partition coefficient (Wildman–Crippen LogP) is 5.23. The van der Waals surface area contributed by atoms with E-state index in [1.54, 1.807) is 18.6 Å². The molecule has 0 saturated carbocycles. The van der Waals surface area contributed by atoms with Gasteiger partial charge >= 0.3 is 0 Å². The zero-order valence-corrected chi connectivity index (χ0v) is 16.7. The lowest BCUT2D eigenvalue weighted by molar-refractivity contribution is 0.302. The molecule has 3 heterocycles. The molecule has 0 atom stereocenters. The summed E-state index contributed by atoms with van der Waals surface area (Å²) in [5.41, 5.74) is 4.93. The molecule has 0 aliphatic heterocycles. The summed E-state index contributed by atoms with van der Waals surface area (Å²) >= 11 is 0. The number of hydrogen-bond donors (Lipinski definition) is 1. The molecule has 1 N–H and O–H groups in total. The molecule has 0 fully saturated rings. The first-order valence-electron chi connectivity index (χ1n) is 9.98. The second-order valence-electron chi connectivity index (χ2n) is 7.14. The molecule has 5 heteroatoms. The summed E-state index contributed by atoms with van der Waals surface area (Å²) in [5.74, 6) is 0.719. The largest absolute Gasteiger partial charge is 0.487 e. The number of nitrogens with zero attached hydrogens (tertiary/aromatic N) is 2. The summed E-state index contributed by atoms with van der Waals surface area (Å²) < 4.78 is 5.92. The van der Waals surface area contributed by atoms with Crippen molar-refractivity contribution in [2.45, 2.75) is 6.61 Å². The van der Waals surface area contributed by atoms with Crippen LogP contribution in [0.3, 0.4) is 0 Å². The molecule has 31 heavy (non-hydrogen) atoms. The van der Waals surface area contributed by atoms with Crippen LogP contribution < -0.4 is 10.3 Å². The van der Waals surface area contributed by atoms with E-state index >= 15 is 0 Å². The van der Waals surface area contributed by atoms with Crippen LogP contribution in [0.2, 0.25) is 0 Å². The minimum absolute atomic E-state index is 0.136. The van der Waals surface area contributed by atoms with E-state index in [4.69, 9.17) is 4.74 Å². The lowest BCUT2D eigenvalue weighted by Gasteiger charge is -2.10. The standard InChI is InChI=1S/C26H19N3O2/c30-26-25(23(13-16-28-26)18-11-14-27-15-12-18)20-6-9-22(10-7-20)31-17-21-8-5-19-3-1-2-4-24(19)29-21/h1-16H,17H2,(H,28,30). The number of fused-ring (bicyclic) bond motifs is 1. The van der Waals surface area contributed by atoms with Crippen molar-refractivity contribution in [2.24, 2.45) is 0 Å². The first-order chi connectivity index (χ1) is 15.3. The summed E-state index contributed by atoms with van der Waals surface area (Å²) in [4.78, 5) is 24.1. The number of rotatable bonds is 5. The quantitative estimate of drug-likeness (QED) is 0.435. The van der Waals surface area contributed by atoms with E-state index in [1.165, 1.54) is 0 Å². The highest BCUT2D eigenvalue weighted by atomic mass is 16.5. The second-order valence-corrected chi connectivity index (χ2v) is 7.14. The van der Waals surface area contributed by atoms with Gasteiger partial charge in [0.2, 0.25) is 0 Å². The smallest absolute Gasteiger partial charge is 0.256 e. The lowest BCUT2D eigenvalue weighted by Crippen LogP contribution is -2.09. The van der Waals surface area contributed by atoms with E-state index in [2.05, 4.69) is 15.0 Å². The molecule has 5 aromatic rings. The van der Waals surface area contributed by atoms with Crippen molar-refractivity contribution in [1.82, 2.24) is 15.0 Å². The molecule has 0 aliphatic rings. The van der Waals surface area contributed by atoms with Gasteiger partial charge in [-0.1, -0.05) is 36.4 Å². The number of hydrogen-bond acceptors (Lipinski definition) is 4. The Bertz CT molecular complexity index is 1390. The number of aromatic amines is 1. The number of benzene rings is 2. The lowest BCUT2D eigenvalue weighted by atomic mass is 9.97. The average Bonchev–Trinajstić information content (AvgIpc) is 2.83. The Morgan fingerprint density at radius 1 is 0.806 bits per heavy atom. The third-order valence-electron chi connectivity index (χ3n) is 5.14. The van der Waals surface area contributed by atoms with Gasteiger partial charge in [0.05, 0.1) is 16.8 Å². The van der Waals surface area contributed by atoms with Gasteiger partial charge in [-0.3, -0.25) is 9.78 Å². The highest BCUT2D eigenvalue weighted by molar-refractivity contribution is 5.82. The van der Waals surface area contributed by atoms with Crippen LogP contribution in [-0.4, -0.2) is 15.0 Å². The van der Waals surface area contributed by atoms with Gasteiger partial charge in [-0.2, -0.15) is 0 Å². The van der Waals surface area contributed by atoms with Crippen LogP contribution in [0.5, 0.6) is 5.75 Å². The van der Waals surface area contributed by atoms with Crippen molar-refractivity contribution in [2.75, 3.05) is 0 Å². The third-order valence-corrected chi connectivity index (χ3v) is 5.14. The van der Waals surface area contributed by atoms with Gasteiger partial charge in [-0.05, 0) is 59.2 Å². The molecule has 0 amide bonds. The summed E-state index contributed by atoms with van der Waals surface area (Å²) in [6, 6.07) is 25.3. The molecular formula is C26H19N3O2. The third kappa shape index (κ3) is 3.94. The second kappa shape index (κ2) is 8.24. The highest BCUT2D eigenvalue weighted by Gasteiger charge is 2.12. The van der Waals surface area contributed by atoms with E-state index in [0.717, 1.165) is 39.0 Å². The minimum Gasteiger partial charge on any atom is -0.487 e. The van der Waals surface area contributed by atoms with E-state index < -0.39 is 0 Å². The van der Waals surface area contributed by atoms with Crippen LogP contribution in [0.4, 0.5) is 0 Å². The van der Waals surface area contributed by atoms with Crippen LogP contribution in [0.15, 0.2) is 102 Å². The van der Waals surface area contributed by atoms with Crippen molar-refractivity contribution in [3.05, 3.63) is 114 Å². The minimum atomic E-state index is -0.136. The monoisotopic (exact) mass is 405 g/mol. The maximum atomic E-state index is 12.6. The van der Waals surface area contributed by atoms with Gasteiger partial charge in [0.25, 0.3) is 5.56 Å². The van der Waals surface area contributed by atoms with Crippen LogP contribution in [0, 0.1) is 0 Å². The normalized spacial score (nSPS) is 10.8.